The maximum absolute atomic E-state index is 11.6. The third-order valence-corrected chi connectivity index (χ3v) is 2.95. The van der Waals surface area contributed by atoms with E-state index >= 15 is 0 Å². The van der Waals surface area contributed by atoms with Gasteiger partial charge < -0.3 is 16.8 Å². The lowest BCUT2D eigenvalue weighted by Gasteiger charge is -2.15. The van der Waals surface area contributed by atoms with Gasteiger partial charge in [-0.15, -0.1) is 12.4 Å². The number of primary amides is 1. The first-order valence-electron chi connectivity index (χ1n) is 6.34. The summed E-state index contributed by atoms with van der Waals surface area (Å²) in [5.41, 5.74) is 12.4. The first-order valence-corrected chi connectivity index (χ1v) is 6.34. The SMILES string of the molecule is CC(C)[C@H](N)C(=O)NCCc1cccc(C(N)=O)c1.Cl. The van der Waals surface area contributed by atoms with Gasteiger partial charge in [-0.2, -0.15) is 0 Å². The fraction of sp³-hybridized carbons (Fsp3) is 0.429. The van der Waals surface area contributed by atoms with E-state index in [2.05, 4.69) is 5.32 Å². The van der Waals surface area contributed by atoms with Crippen LogP contribution in [0.5, 0.6) is 0 Å². The van der Waals surface area contributed by atoms with E-state index in [9.17, 15) is 9.59 Å². The van der Waals surface area contributed by atoms with E-state index in [-0.39, 0.29) is 24.2 Å². The minimum atomic E-state index is -0.489. The molecule has 0 aromatic heterocycles. The second-order valence-corrected chi connectivity index (χ2v) is 4.88. The molecule has 20 heavy (non-hydrogen) atoms. The van der Waals surface area contributed by atoms with Gasteiger partial charge >= 0.3 is 0 Å². The Labute approximate surface area is 125 Å². The Hall–Kier alpha value is -1.59. The van der Waals surface area contributed by atoms with Crippen molar-refractivity contribution >= 4 is 24.2 Å². The molecule has 1 rings (SSSR count). The molecule has 1 atom stereocenters. The molecule has 0 heterocycles. The van der Waals surface area contributed by atoms with Crippen LogP contribution in [0.25, 0.3) is 0 Å². The van der Waals surface area contributed by atoms with Crippen LogP contribution in [0.15, 0.2) is 24.3 Å². The summed E-state index contributed by atoms with van der Waals surface area (Å²) < 4.78 is 0. The Morgan fingerprint density at radius 2 is 1.95 bits per heavy atom. The third-order valence-electron chi connectivity index (χ3n) is 2.95. The molecule has 0 saturated carbocycles. The molecule has 0 aliphatic carbocycles. The number of halogens is 1. The number of hydrogen-bond acceptors (Lipinski definition) is 3. The number of hydrogen-bond donors (Lipinski definition) is 3. The van der Waals surface area contributed by atoms with E-state index < -0.39 is 11.9 Å². The molecular formula is C14H22ClN3O2. The number of rotatable bonds is 6. The van der Waals surface area contributed by atoms with Gasteiger partial charge in [0, 0.05) is 12.1 Å². The maximum Gasteiger partial charge on any atom is 0.248 e. The van der Waals surface area contributed by atoms with E-state index in [0.717, 1.165) is 5.56 Å². The Kier molecular flexibility index (Phi) is 7.87. The summed E-state index contributed by atoms with van der Waals surface area (Å²) in [5.74, 6) is -0.494. The Morgan fingerprint density at radius 3 is 2.50 bits per heavy atom. The van der Waals surface area contributed by atoms with Crippen molar-refractivity contribution in [3.8, 4) is 0 Å². The van der Waals surface area contributed by atoms with Crippen LogP contribution in [-0.2, 0) is 11.2 Å². The monoisotopic (exact) mass is 299 g/mol. The van der Waals surface area contributed by atoms with Crippen molar-refractivity contribution in [2.75, 3.05) is 6.54 Å². The molecule has 1 aromatic carbocycles. The molecule has 0 unspecified atom stereocenters. The van der Waals surface area contributed by atoms with Gasteiger partial charge in [0.1, 0.15) is 0 Å². The van der Waals surface area contributed by atoms with Crippen LogP contribution in [0.3, 0.4) is 0 Å². The topological polar surface area (TPSA) is 98.2 Å². The van der Waals surface area contributed by atoms with Crippen molar-refractivity contribution in [3.63, 3.8) is 0 Å². The van der Waals surface area contributed by atoms with Gasteiger partial charge in [0.05, 0.1) is 6.04 Å². The summed E-state index contributed by atoms with van der Waals surface area (Å²) in [4.78, 5) is 22.7. The first kappa shape index (κ1) is 18.4. The fourth-order valence-corrected chi connectivity index (χ4v) is 1.63. The van der Waals surface area contributed by atoms with Gasteiger partial charge in [0.2, 0.25) is 11.8 Å². The molecule has 5 nitrogen and oxygen atoms in total. The first-order chi connectivity index (χ1) is 8.91. The van der Waals surface area contributed by atoms with E-state index in [4.69, 9.17) is 11.5 Å². The highest BCUT2D eigenvalue weighted by Gasteiger charge is 2.16. The van der Waals surface area contributed by atoms with Crippen LogP contribution in [0, 0.1) is 5.92 Å². The number of benzene rings is 1. The molecule has 0 radical (unpaired) electrons. The molecule has 0 saturated heterocycles. The Morgan fingerprint density at radius 1 is 1.30 bits per heavy atom. The van der Waals surface area contributed by atoms with E-state index in [1.165, 1.54) is 0 Å². The van der Waals surface area contributed by atoms with Crippen molar-refractivity contribution in [3.05, 3.63) is 35.4 Å². The molecule has 0 bridgehead atoms. The highest BCUT2D eigenvalue weighted by molar-refractivity contribution is 5.92. The quantitative estimate of drug-likeness (QED) is 0.726. The highest BCUT2D eigenvalue weighted by atomic mass is 35.5. The number of nitrogens with one attached hydrogen (secondary N) is 1. The minimum absolute atomic E-state index is 0. The van der Waals surface area contributed by atoms with Crippen LogP contribution >= 0.6 is 12.4 Å². The van der Waals surface area contributed by atoms with Crippen LogP contribution in [0.4, 0.5) is 0 Å². The normalized spacial score (nSPS) is 11.6. The third kappa shape index (κ3) is 5.59. The largest absolute Gasteiger partial charge is 0.366 e. The number of carbonyl (C=O) groups excluding carboxylic acids is 2. The zero-order valence-corrected chi connectivity index (χ0v) is 12.6. The molecule has 0 aliphatic heterocycles. The lowest BCUT2D eigenvalue weighted by atomic mass is 10.0. The van der Waals surface area contributed by atoms with Crippen LogP contribution in [0.2, 0.25) is 0 Å². The average molecular weight is 300 g/mol. The van der Waals surface area contributed by atoms with Crippen molar-refractivity contribution in [2.45, 2.75) is 26.3 Å². The van der Waals surface area contributed by atoms with Crippen LogP contribution in [-0.4, -0.2) is 24.4 Å². The molecule has 5 N–H and O–H groups in total. The molecule has 1 aromatic rings. The smallest absolute Gasteiger partial charge is 0.248 e. The van der Waals surface area contributed by atoms with Crippen molar-refractivity contribution in [2.24, 2.45) is 17.4 Å². The minimum Gasteiger partial charge on any atom is -0.366 e. The molecule has 112 valence electrons. The van der Waals surface area contributed by atoms with Crippen molar-refractivity contribution < 1.29 is 9.59 Å². The van der Waals surface area contributed by atoms with Gasteiger partial charge in [0.15, 0.2) is 0 Å². The zero-order valence-electron chi connectivity index (χ0n) is 11.8. The van der Waals surface area contributed by atoms with Gasteiger partial charge in [-0.1, -0.05) is 26.0 Å². The summed E-state index contributed by atoms with van der Waals surface area (Å²) in [7, 11) is 0. The summed E-state index contributed by atoms with van der Waals surface area (Å²) in [6.07, 6.45) is 0.637. The lowest BCUT2D eigenvalue weighted by molar-refractivity contribution is -0.123. The van der Waals surface area contributed by atoms with Crippen LogP contribution in [0.1, 0.15) is 29.8 Å². The van der Waals surface area contributed by atoms with Gasteiger partial charge in [-0.25, -0.2) is 0 Å². The van der Waals surface area contributed by atoms with E-state index in [0.29, 0.717) is 18.5 Å². The average Bonchev–Trinajstić information content (AvgIpc) is 2.37. The van der Waals surface area contributed by atoms with Gasteiger partial charge in [0.25, 0.3) is 0 Å². The fourth-order valence-electron chi connectivity index (χ4n) is 1.63. The molecule has 0 spiro atoms. The second kappa shape index (κ2) is 8.55. The summed E-state index contributed by atoms with van der Waals surface area (Å²) in [6.45, 7) is 4.29. The summed E-state index contributed by atoms with van der Waals surface area (Å²) >= 11 is 0. The lowest BCUT2D eigenvalue weighted by Crippen LogP contribution is -2.44. The molecule has 6 heteroatoms. The molecule has 0 aliphatic rings. The second-order valence-electron chi connectivity index (χ2n) is 4.88. The number of nitrogens with two attached hydrogens (primary N) is 2. The predicted molar refractivity (Wildman–Crippen MR) is 81.7 cm³/mol. The summed E-state index contributed by atoms with van der Waals surface area (Å²) in [5, 5.41) is 2.78. The van der Waals surface area contributed by atoms with E-state index in [1.54, 1.807) is 18.2 Å². The van der Waals surface area contributed by atoms with E-state index in [1.807, 2.05) is 19.9 Å². The standard InChI is InChI=1S/C14H21N3O2.ClH/c1-9(2)12(15)14(19)17-7-6-10-4-3-5-11(8-10)13(16)18;/h3-5,8-9,12H,6-7,15H2,1-2H3,(H2,16,18)(H,17,19);1H/t12-;/m0./s1. The van der Waals surface area contributed by atoms with Crippen molar-refractivity contribution in [1.82, 2.24) is 5.32 Å². The summed E-state index contributed by atoms with van der Waals surface area (Å²) in [6, 6.07) is 6.57. The Bertz CT molecular complexity index is 463. The van der Waals surface area contributed by atoms with Gasteiger partial charge in [-0.3, -0.25) is 9.59 Å². The molecule has 2 amide bonds. The van der Waals surface area contributed by atoms with Crippen LogP contribution < -0.4 is 16.8 Å². The predicted octanol–water partition coefficient (Wildman–Crippen LogP) is 0.849. The molecule has 0 fully saturated rings. The van der Waals surface area contributed by atoms with Gasteiger partial charge in [-0.05, 0) is 30.0 Å². The number of amides is 2. The zero-order chi connectivity index (χ0) is 14.4. The molecular weight excluding hydrogens is 278 g/mol. The van der Waals surface area contributed by atoms with Crippen molar-refractivity contribution in [1.29, 1.82) is 0 Å². The maximum atomic E-state index is 11.6. The number of carbonyl (C=O) groups is 2. The highest BCUT2D eigenvalue weighted by Crippen LogP contribution is 2.05. The Balaban J connectivity index is 0.00000361.